The van der Waals surface area contributed by atoms with Crippen molar-refractivity contribution in [3.05, 3.63) is 69.5 Å². The number of halogens is 3. The number of likely N-dealkylation sites (tertiary alicyclic amines) is 1. The molecule has 6 heteroatoms. The highest BCUT2D eigenvalue weighted by molar-refractivity contribution is 6.42. The Labute approximate surface area is 149 Å². The van der Waals surface area contributed by atoms with Crippen molar-refractivity contribution in [1.29, 1.82) is 0 Å². The van der Waals surface area contributed by atoms with Gasteiger partial charge >= 0.3 is 0 Å². The second-order valence-corrected chi connectivity index (χ2v) is 6.85. The lowest BCUT2D eigenvalue weighted by Gasteiger charge is -2.39. The number of hydrogen-bond donors (Lipinski definition) is 1. The van der Waals surface area contributed by atoms with E-state index in [0.29, 0.717) is 28.6 Å². The Balaban J connectivity index is 1.82. The van der Waals surface area contributed by atoms with E-state index in [4.69, 9.17) is 23.2 Å². The van der Waals surface area contributed by atoms with Gasteiger partial charge in [-0.1, -0.05) is 41.4 Å². The number of carbonyl (C=O) groups is 1. The molecule has 126 valence electrons. The number of rotatable bonds is 3. The normalized spacial score (nSPS) is 21.2. The average molecular weight is 368 g/mol. The maximum atomic E-state index is 13.0. The lowest BCUT2D eigenvalue weighted by molar-refractivity contribution is -0.144. The van der Waals surface area contributed by atoms with Crippen molar-refractivity contribution in [3.63, 3.8) is 0 Å². The average Bonchev–Trinajstić information content (AvgIpc) is 2.56. The fourth-order valence-electron chi connectivity index (χ4n) is 2.93. The molecule has 3 nitrogen and oxygen atoms in total. The van der Waals surface area contributed by atoms with Gasteiger partial charge in [0.2, 0.25) is 5.91 Å². The van der Waals surface area contributed by atoms with Crippen LogP contribution < -0.4 is 0 Å². The van der Waals surface area contributed by atoms with Crippen LogP contribution in [0, 0.1) is 5.82 Å². The van der Waals surface area contributed by atoms with Crippen molar-refractivity contribution in [2.45, 2.75) is 25.0 Å². The van der Waals surface area contributed by atoms with E-state index in [1.165, 1.54) is 12.1 Å². The van der Waals surface area contributed by atoms with Crippen molar-refractivity contribution >= 4 is 29.1 Å². The predicted molar refractivity (Wildman–Crippen MR) is 91.4 cm³/mol. The molecule has 1 saturated heterocycles. The summed E-state index contributed by atoms with van der Waals surface area (Å²) in [5.41, 5.74) is 0.263. The van der Waals surface area contributed by atoms with Crippen molar-refractivity contribution in [1.82, 2.24) is 4.90 Å². The molecule has 24 heavy (non-hydrogen) atoms. The van der Waals surface area contributed by atoms with Crippen LogP contribution >= 0.6 is 23.2 Å². The largest absolute Gasteiger partial charge is 0.383 e. The van der Waals surface area contributed by atoms with E-state index in [1.807, 2.05) is 0 Å². The fraction of sp³-hybridized carbons (Fsp3) is 0.278. The van der Waals surface area contributed by atoms with E-state index >= 15 is 0 Å². The summed E-state index contributed by atoms with van der Waals surface area (Å²) in [5.74, 6) is -0.361. The SMILES string of the molecule is O=C1CCC(O)(c2ccc(Cl)c(Cl)c2)CN1Cc1ccc(F)cc1. The molecular formula is C18H16Cl2FNO2. The third kappa shape index (κ3) is 3.56. The molecule has 0 aromatic heterocycles. The molecule has 1 atom stereocenters. The van der Waals surface area contributed by atoms with Crippen molar-refractivity contribution in [2.75, 3.05) is 6.54 Å². The van der Waals surface area contributed by atoms with Crippen molar-refractivity contribution in [3.8, 4) is 0 Å². The van der Waals surface area contributed by atoms with Gasteiger partial charge in [0.15, 0.2) is 0 Å². The molecule has 2 aromatic rings. The minimum absolute atomic E-state index is 0.0379. The molecule has 0 saturated carbocycles. The van der Waals surface area contributed by atoms with Crippen molar-refractivity contribution in [2.24, 2.45) is 0 Å². The van der Waals surface area contributed by atoms with Gasteiger partial charge in [-0.2, -0.15) is 0 Å². The smallest absolute Gasteiger partial charge is 0.223 e. The third-order valence-corrected chi connectivity index (χ3v) is 5.04. The molecule has 1 aliphatic heterocycles. The van der Waals surface area contributed by atoms with Crippen LogP contribution in [0.3, 0.4) is 0 Å². The lowest BCUT2D eigenvalue weighted by Crippen LogP contribution is -2.48. The van der Waals surface area contributed by atoms with Crippen LogP contribution in [0.2, 0.25) is 10.0 Å². The van der Waals surface area contributed by atoms with Crippen LogP contribution in [-0.2, 0) is 16.9 Å². The van der Waals surface area contributed by atoms with Gasteiger partial charge in [0.1, 0.15) is 11.4 Å². The fourth-order valence-corrected chi connectivity index (χ4v) is 3.23. The molecular weight excluding hydrogens is 352 g/mol. The van der Waals surface area contributed by atoms with Crippen LogP contribution in [0.15, 0.2) is 42.5 Å². The van der Waals surface area contributed by atoms with Gasteiger partial charge in [-0.25, -0.2) is 4.39 Å². The molecule has 0 radical (unpaired) electrons. The lowest BCUT2D eigenvalue weighted by atomic mass is 9.85. The Morgan fingerprint density at radius 1 is 1.12 bits per heavy atom. The first kappa shape index (κ1) is 17.2. The molecule has 1 fully saturated rings. The van der Waals surface area contributed by atoms with Crippen LogP contribution in [-0.4, -0.2) is 22.5 Å². The van der Waals surface area contributed by atoms with Crippen LogP contribution in [0.4, 0.5) is 4.39 Å². The van der Waals surface area contributed by atoms with Crippen molar-refractivity contribution < 1.29 is 14.3 Å². The van der Waals surface area contributed by atoms with Gasteiger partial charge in [-0.3, -0.25) is 4.79 Å². The quantitative estimate of drug-likeness (QED) is 0.885. The second-order valence-electron chi connectivity index (χ2n) is 6.04. The molecule has 1 unspecified atom stereocenters. The summed E-state index contributed by atoms with van der Waals surface area (Å²) >= 11 is 12.0. The maximum Gasteiger partial charge on any atom is 0.223 e. The summed E-state index contributed by atoms with van der Waals surface area (Å²) in [6.45, 7) is 0.476. The minimum atomic E-state index is -1.18. The van der Waals surface area contributed by atoms with E-state index in [1.54, 1.807) is 35.2 Å². The standard InChI is InChI=1S/C18H16Cl2FNO2/c19-15-6-3-13(9-16(15)20)18(24)8-7-17(23)22(11-18)10-12-1-4-14(21)5-2-12/h1-6,9,24H,7-8,10-11H2. The zero-order valence-corrected chi connectivity index (χ0v) is 14.3. The minimum Gasteiger partial charge on any atom is -0.383 e. The summed E-state index contributed by atoms with van der Waals surface area (Å²) in [4.78, 5) is 13.8. The molecule has 1 amide bonds. The molecule has 0 bridgehead atoms. The Morgan fingerprint density at radius 3 is 2.50 bits per heavy atom. The molecule has 3 rings (SSSR count). The summed E-state index contributed by atoms with van der Waals surface area (Å²) in [7, 11) is 0. The highest BCUT2D eigenvalue weighted by Gasteiger charge is 2.38. The zero-order valence-electron chi connectivity index (χ0n) is 12.8. The predicted octanol–water partition coefficient (Wildman–Crippen LogP) is 4.14. The first-order valence-electron chi connectivity index (χ1n) is 7.57. The molecule has 0 aliphatic carbocycles. The summed E-state index contributed by atoms with van der Waals surface area (Å²) in [6.07, 6.45) is 0.557. The van der Waals surface area contributed by atoms with Gasteiger partial charge in [-0.15, -0.1) is 0 Å². The van der Waals surface area contributed by atoms with Gasteiger partial charge in [0, 0.05) is 13.0 Å². The molecule has 1 aliphatic rings. The molecule has 2 aromatic carbocycles. The van der Waals surface area contributed by atoms with E-state index in [9.17, 15) is 14.3 Å². The third-order valence-electron chi connectivity index (χ3n) is 4.30. The number of β-amino-alcohol motifs (C(OH)–C–C–N with tert-alkyl or cyclic N) is 1. The number of amides is 1. The number of benzene rings is 2. The Bertz CT molecular complexity index is 766. The Hall–Kier alpha value is -1.62. The van der Waals surface area contributed by atoms with Crippen LogP contribution in [0.1, 0.15) is 24.0 Å². The van der Waals surface area contributed by atoms with Gasteiger partial charge in [0.25, 0.3) is 0 Å². The molecule has 1 heterocycles. The van der Waals surface area contributed by atoms with Gasteiger partial charge in [0.05, 0.1) is 16.6 Å². The van der Waals surface area contributed by atoms with E-state index < -0.39 is 5.60 Å². The topological polar surface area (TPSA) is 40.5 Å². The van der Waals surface area contributed by atoms with E-state index in [0.717, 1.165) is 5.56 Å². The second kappa shape index (κ2) is 6.71. The highest BCUT2D eigenvalue weighted by atomic mass is 35.5. The van der Waals surface area contributed by atoms with E-state index in [2.05, 4.69) is 0 Å². The zero-order chi connectivity index (χ0) is 17.3. The first-order valence-corrected chi connectivity index (χ1v) is 8.33. The van der Waals surface area contributed by atoms with Crippen LogP contribution in [0.5, 0.6) is 0 Å². The van der Waals surface area contributed by atoms with E-state index in [-0.39, 0.29) is 24.7 Å². The maximum absolute atomic E-state index is 13.0. The number of carbonyl (C=O) groups excluding carboxylic acids is 1. The Kier molecular flexibility index (Phi) is 4.81. The van der Waals surface area contributed by atoms with Gasteiger partial charge in [-0.05, 0) is 41.8 Å². The molecule has 0 spiro atoms. The molecule has 1 N–H and O–H groups in total. The summed E-state index contributed by atoms with van der Waals surface area (Å²) < 4.78 is 13.0. The number of aliphatic hydroxyl groups is 1. The monoisotopic (exact) mass is 367 g/mol. The summed E-state index contributed by atoms with van der Waals surface area (Å²) in [6, 6.07) is 11.0. The number of hydrogen-bond acceptors (Lipinski definition) is 2. The first-order chi connectivity index (χ1) is 11.4. The number of piperidine rings is 1. The van der Waals surface area contributed by atoms with Crippen LogP contribution in [0.25, 0.3) is 0 Å². The highest BCUT2D eigenvalue weighted by Crippen LogP contribution is 2.35. The summed E-state index contributed by atoms with van der Waals surface area (Å²) in [5, 5.41) is 11.8. The Morgan fingerprint density at radius 2 is 1.83 bits per heavy atom. The number of nitrogens with zero attached hydrogens (tertiary/aromatic N) is 1. The van der Waals surface area contributed by atoms with Gasteiger partial charge < -0.3 is 10.0 Å².